The summed E-state index contributed by atoms with van der Waals surface area (Å²) in [6, 6.07) is 19.3. The number of nitrogens with zero attached hydrogens (tertiary/aromatic N) is 2. The van der Waals surface area contributed by atoms with Crippen molar-refractivity contribution in [1.82, 2.24) is 10.2 Å². The van der Waals surface area contributed by atoms with E-state index < -0.39 is 28.5 Å². The fraction of sp³-hybridized carbons (Fsp3) is 0.375. The number of rotatable bonds is 14. The van der Waals surface area contributed by atoms with E-state index in [0.717, 1.165) is 21.9 Å². The van der Waals surface area contributed by atoms with Crippen LogP contribution in [-0.4, -0.2) is 58.0 Å². The first kappa shape index (κ1) is 32.5. The molecule has 3 rings (SSSR count). The third kappa shape index (κ3) is 8.03. The lowest BCUT2D eigenvalue weighted by atomic mass is 10.1. The molecule has 226 valence electrons. The second kappa shape index (κ2) is 14.7. The molecule has 0 aliphatic heterocycles. The highest BCUT2D eigenvalue weighted by atomic mass is 32.2. The number of anilines is 1. The molecule has 0 radical (unpaired) electrons. The lowest BCUT2D eigenvalue weighted by Gasteiger charge is -2.33. The van der Waals surface area contributed by atoms with E-state index in [4.69, 9.17) is 9.47 Å². The van der Waals surface area contributed by atoms with Crippen LogP contribution in [0.1, 0.15) is 44.7 Å². The van der Waals surface area contributed by atoms with Crippen molar-refractivity contribution < 1.29 is 27.5 Å². The van der Waals surface area contributed by atoms with E-state index in [1.165, 1.54) is 24.1 Å². The number of nitrogens with one attached hydrogen (secondary N) is 1. The highest BCUT2D eigenvalue weighted by molar-refractivity contribution is 7.92. The van der Waals surface area contributed by atoms with Crippen LogP contribution in [0.2, 0.25) is 0 Å². The zero-order chi connectivity index (χ0) is 30.9. The van der Waals surface area contributed by atoms with Gasteiger partial charge in [0.1, 0.15) is 24.1 Å². The van der Waals surface area contributed by atoms with Gasteiger partial charge in [0.15, 0.2) is 0 Å². The summed E-state index contributed by atoms with van der Waals surface area (Å²) < 4.78 is 39.7. The summed E-state index contributed by atoms with van der Waals surface area (Å²) >= 11 is 0. The Morgan fingerprint density at radius 3 is 2.10 bits per heavy atom. The van der Waals surface area contributed by atoms with Crippen LogP contribution in [0.4, 0.5) is 5.69 Å². The normalized spacial score (nSPS) is 12.6. The average Bonchev–Trinajstić information content (AvgIpc) is 2.99. The SMILES string of the molecule is CC[C@H](C(=O)N[C@@H](C)CC)N(Cc1cccc(OC)c1)C(=O)CN(c1ccc(OC)cc1)S(=O)(=O)c1ccc(C)cc1. The molecule has 9 nitrogen and oxygen atoms in total. The average molecular weight is 596 g/mol. The molecule has 0 aromatic heterocycles. The molecule has 42 heavy (non-hydrogen) atoms. The number of methoxy groups -OCH3 is 2. The zero-order valence-corrected chi connectivity index (χ0v) is 26.0. The third-order valence-corrected chi connectivity index (χ3v) is 8.91. The number of aryl methyl sites for hydroxylation is 1. The molecule has 1 N–H and O–H groups in total. The quantitative estimate of drug-likeness (QED) is 0.283. The minimum atomic E-state index is -4.15. The van der Waals surface area contributed by atoms with Crippen molar-refractivity contribution in [3.63, 3.8) is 0 Å². The predicted octanol–water partition coefficient (Wildman–Crippen LogP) is 4.93. The van der Waals surface area contributed by atoms with Crippen LogP contribution in [0, 0.1) is 6.92 Å². The first-order valence-corrected chi connectivity index (χ1v) is 15.4. The highest BCUT2D eigenvalue weighted by Gasteiger charge is 2.34. The van der Waals surface area contributed by atoms with Crippen LogP contribution >= 0.6 is 0 Å². The summed E-state index contributed by atoms with van der Waals surface area (Å²) in [4.78, 5) is 29.1. The summed E-state index contributed by atoms with van der Waals surface area (Å²) in [5, 5.41) is 2.98. The standard InChI is InChI=1S/C32H41N3O6S/c1-7-24(4)33-32(37)30(8-2)34(21-25-10-9-11-28(20-25)41-6)31(36)22-35(26-14-16-27(40-5)17-15-26)42(38,39)29-18-12-23(3)13-19-29/h9-20,24,30H,7-8,21-22H2,1-6H3,(H,33,37)/t24-,30+/m0/s1. The summed E-state index contributed by atoms with van der Waals surface area (Å²) in [6.07, 6.45) is 1.07. The largest absolute Gasteiger partial charge is 0.497 e. The number of ether oxygens (including phenoxy) is 2. The van der Waals surface area contributed by atoms with Crippen molar-refractivity contribution in [2.75, 3.05) is 25.1 Å². The van der Waals surface area contributed by atoms with Crippen molar-refractivity contribution in [3.8, 4) is 11.5 Å². The topological polar surface area (TPSA) is 105 Å². The lowest BCUT2D eigenvalue weighted by Crippen LogP contribution is -2.53. The molecule has 0 heterocycles. The summed E-state index contributed by atoms with van der Waals surface area (Å²) in [5.74, 6) is 0.347. The number of carbonyl (C=O) groups excluding carboxylic acids is 2. The van der Waals surface area contributed by atoms with Crippen LogP contribution in [0.5, 0.6) is 11.5 Å². The molecule has 0 bridgehead atoms. The third-order valence-electron chi connectivity index (χ3n) is 7.12. The van der Waals surface area contributed by atoms with Crippen LogP contribution < -0.4 is 19.1 Å². The van der Waals surface area contributed by atoms with Gasteiger partial charge in [-0.05, 0) is 80.8 Å². The van der Waals surface area contributed by atoms with Gasteiger partial charge in [-0.25, -0.2) is 8.42 Å². The molecular formula is C32H41N3O6S. The maximum atomic E-state index is 14.2. The molecular weight excluding hydrogens is 554 g/mol. The maximum Gasteiger partial charge on any atom is 0.264 e. The lowest BCUT2D eigenvalue weighted by molar-refractivity contribution is -0.140. The number of sulfonamides is 1. The van der Waals surface area contributed by atoms with Gasteiger partial charge in [0.2, 0.25) is 11.8 Å². The molecule has 0 aliphatic rings. The number of benzene rings is 3. The molecule has 0 spiro atoms. The Hall–Kier alpha value is -4.05. The maximum absolute atomic E-state index is 14.2. The van der Waals surface area contributed by atoms with Gasteiger partial charge in [-0.1, -0.05) is 43.7 Å². The van der Waals surface area contributed by atoms with E-state index in [1.54, 1.807) is 55.6 Å². The number of hydrogen-bond donors (Lipinski definition) is 1. The van der Waals surface area contributed by atoms with Crippen molar-refractivity contribution in [2.24, 2.45) is 0 Å². The van der Waals surface area contributed by atoms with Crippen LogP contribution in [-0.2, 0) is 26.2 Å². The summed E-state index contributed by atoms with van der Waals surface area (Å²) in [6.45, 7) is 7.14. The van der Waals surface area contributed by atoms with Crippen molar-refractivity contribution in [1.29, 1.82) is 0 Å². The van der Waals surface area contributed by atoms with Gasteiger partial charge in [0, 0.05) is 12.6 Å². The fourth-order valence-corrected chi connectivity index (χ4v) is 5.86. The van der Waals surface area contributed by atoms with Crippen molar-refractivity contribution in [2.45, 2.75) is 64.1 Å². The number of hydrogen-bond acceptors (Lipinski definition) is 6. The molecule has 0 saturated carbocycles. The number of carbonyl (C=O) groups is 2. The van der Waals surface area contributed by atoms with E-state index in [1.807, 2.05) is 39.8 Å². The highest BCUT2D eigenvalue weighted by Crippen LogP contribution is 2.27. The molecule has 10 heteroatoms. The van der Waals surface area contributed by atoms with E-state index in [0.29, 0.717) is 23.6 Å². The Kier molecular flexibility index (Phi) is 11.4. The van der Waals surface area contributed by atoms with Crippen molar-refractivity contribution >= 4 is 27.5 Å². The van der Waals surface area contributed by atoms with Crippen LogP contribution in [0.25, 0.3) is 0 Å². The molecule has 0 saturated heterocycles. The van der Waals surface area contributed by atoms with E-state index in [2.05, 4.69) is 5.32 Å². The molecule has 3 aromatic carbocycles. The molecule has 3 aromatic rings. The molecule has 0 fully saturated rings. The van der Waals surface area contributed by atoms with Gasteiger partial charge in [-0.15, -0.1) is 0 Å². The Morgan fingerprint density at radius 2 is 1.52 bits per heavy atom. The predicted molar refractivity (Wildman–Crippen MR) is 164 cm³/mol. The van der Waals surface area contributed by atoms with Gasteiger partial charge >= 0.3 is 0 Å². The van der Waals surface area contributed by atoms with Crippen LogP contribution in [0.15, 0.2) is 77.7 Å². The minimum Gasteiger partial charge on any atom is -0.497 e. The second-order valence-electron chi connectivity index (χ2n) is 10.1. The monoisotopic (exact) mass is 595 g/mol. The van der Waals surface area contributed by atoms with E-state index in [9.17, 15) is 18.0 Å². The van der Waals surface area contributed by atoms with E-state index >= 15 is 0 Å². The second-order valence-corrected chi connectivity index (χ2v) is 12.0. The molecule has 2 amide bonds. The van der Waals surface area contributed by atoms with Gasteiger partial charge in [0.25, 0.3) is 10.0 Å². The smallest absolute Gasteiger partial charge is 0.264 e. The van der Waals surface area contributed by atoms with Gasteiger partial charge < -0.3 is 19.7 Å². The molecule has 0 unspecified atom stereocenters. The first-order valence-electron chi connectivity index (χ1n) is 14.0. The summed E-state index contributed by atoms with van der Waals surface area (Å²) in [7, 11) is -1.08. The molecule has 0 aliphatic carbocycles. The van der Waals surface area contributed by atoms with E-state index in [-0.39, 0.29) is 23.4 Å². The summed E-state index contributed by atoms with van der Waals surface area (Å²) in [5.41, 5.74) is 1.95. The van der Waals surface area contributed by atoms with Crippen molar-refractivity contribution in [3.05, 3.63) is 83.9 Å². The van der Waals surface area contributed by atoms with Gasteiger partial charge in [-0.3, -0.25) is 13.9 Å². The van der Waals surface area contributed by atoms with Gasteiger partial charge in [-0.2, -0.15) is 0 Å². The fourth-order valence-electron chi connectivity index (χ4n) is 4.44. The minimum absolute atomic E-state index is 0.0534. The Balaban J connectivity index is 2.07. The zero-order valence-electron chi connectivity index (χ0n) is 25.2. The van der Waals surface area contributed by atoms with Gasteiger partial charge in [0.05, 0.1) is 24.8 Å². The Bertz CT molecular complexity index is 1440. The van der Waals surface area contributed by atoms with Crippen LogP contribution in [0.3, 0.4) is 0 Å². The first-order chi connectivity index (χ1) is 20.0. The molecule has 2 atom stereocenters. The Labute approximate surface area is 249 Å². The number of amides is 2. The Morgan fingerprint density at radius 1 is 0.881 bits per heavy atom.